The van der Waals surface area contributed by atoms with Gasteiger partial charge in [-0.05, 0) is 69.0 Å². The summed E-state index contributed by atoms with van der Waals surface area (Å²) in [5.41, 5.74) is 1.60. The third-order valence-corrected chi connectivity index (χ3v) is 6.21. The molecule has 1 saturated heterocycles. The molecular weight excluding hydrogens is 438 g/mol. The molecule has 1 atom stereocenters. The molecule has 3 heterocycles. The number of nitrogens with zero attached hydrogens (tertiary/aromatic N) is 4. The second kappa shape index (κ2) is 11.0. The molecule has 1 aromatic heterocycles. The Hall–Kier alpha value is -2.64. The van der Waals surface area contributed by atoms with Crippen LogP contribution in [0.5, 0.6) is 0 Å². The second-order valence-electron chi connectivity index (χ2n) is 9.36. The second-order valence-corrected chi connectivity index (χ2v) is 9.36. The average molecular weight is 472 g/mol. The Bertz CT molecular complexity index is 983. The number of carbonyl (C=O) groups excluding carboxylic acids is 2. The van der Waals surface area contributed by atoms with Crippen molar-refractivity contribution in [2.24, 2.45) is 11.8 Å². The van der Waals surface area contributed by atoms with E-state index >= 15 is 0 Å². The average Bonchev–Trinajstić information content (AvgIpc) is 2.91. The highest BCUT2D eigenvalue weighted by molar-refractivity contribution is 6.16. The van der Waals surface area contributed by atoms with Crippen LogP contribution in [0.3, 0.4) is 0 Å². The summed E-state index contributed by atoms with van der Waals surface area (Å²) < 4.78 is 0. The maximum Gasteiger partial charge on any atom is 0.330 e. The number of para-hydroxylation sites is 1. The lowest BCUT2D eigenvalue weighted by atomic mass is 9.94. The Morgan fingerprint density at radius 3 is 2.82 bits per heavy atom. The first kappa shape index (κ1) is 25.0. The highest BCUT2D eigenvalue weighted by atomic mass is 35.5. The summed E-state index contributed by atoms with van der Waals surface area (Å²) in [6, 6.07) is 10.7. The zero-order valence-corrected chi connectivity index (χ0v) is 20.5. The molecule has 1 unspecified atom stereocenters. The summed E-state index contributed by atoms with van der Waals surface area (Å²) in [5.74, 6) is 1.37. The number of anilines is 3. The van der Waals surface area contributed by atoms with E-state index in [2.05, 4.69) is 36.1 Å². The van der Waals surface area contributed by atoms with Crippen molar-refractivity contribution in [2.75, 3.05) is 43.4 Å². The molecule has 1 fully saturated rings. The Labute approximate surface area is 202 Å². The zero-order valence-electron chi connectivity index (χ0n) is 19.7. The first-order valence-corrected chi connectivity index (χ1v) is 11.6. The number of amides is 3. The van der Waals surface area contributed by atoms with E-state index in [1.54, 1.807) is 29.3 Å². The minimum absolute atomic E-state index is 0. The predicted molar refractivity (Wildman–Crippen MR) is 135 cm³/mol. The molecule has 4 rings (SSSR count). The number of fused-ring (bicyclic) bond motifs is 2. The van der Waals surface area contributed by atoms with Gasteiger partial charge in [-0.25, -0.2) is 14.7 Å². The summed E-state index contributed by atoms with van der Waals surface area (Å²) in [5, 5.41) is 2.90. The zero-order chi connectivity index (χ0) is 22.7. The first-order valence-electron chi connectivity index (χ1n) is 11.6. The lowest BCUT2D eigenvalue weighted by molar-refractivity contribution is 0.102. The largest absolute Gasteiger partial charge is 0.330 e. The van der Waals surface area contributed by atoms with Gasteiger partial charge in [0.2, 0.25) is 0 Å². The number of likely N-dealkylation sites (tertiary alicyclic amines) is 1. The minimum atomic E-state index is -0.227. The van der Waals surface area contributed by atoms with Gasteiger partial charge in [-0.2, -0.15) is 0 Å². The smallest absolute Gasteiger partial charge is 0.324 e. The summed E-state index contributed by atoms with van der Waals surface area (Å²) in [4.78, 5) is 37.0. The van der Waals surface area contributed by atoms with Gasteiger partial charge in [-0.15, -0.1) is 12.4 Å². The van der Waals surface area contributed by atoms with Crippen molar-refractivity contribution >= 4 is 41.5 Å². The molecule has 2 aromatic rings. The van der Waals surface area contributed by atoms with Gasteiger partial charge < -0.3 is 15.1 Å². The molecule has 1 aromatic carbocycles. The number of piperidine rings is 1. The molecule has 33 heavy (non-hydrogen) atoms. The maximum absolute atomic E-state index is 13.8. The maximum atomic E-state index is 13.8. The number of rotatable bonds is 5. The first-order chi connectivity index (χ1) is 15.4. The Morgan fingerprint density at radius 2 is 2.03 bits per heavy atom. The number of benzene rings is 1. The molecule has 8 heteroatoms. The summed E-state index contributed by atoms with van der Waals surface area (Å²) in [6.45, 7) is 8.06. The Morgan fingerprint density at radius 1 is 1.24 bits per heavy atom. The van der Waals surface area contributed by atoms with Crippen molar-refractivity contribution in [3.63, 3.8) is 0 Å². The number of urea groups is 1. The Balaban J connectivity index is 0.00000306. The van der Waals surface area contributed by atoms with Gasteiger partial charge in [0, 0.05) is 25.8 Å². The number of hydrogen-bond acceptors (Lipinski definition) is 4. The molecule has 1 N–H and O–H groups in total. The van der Waals surface area contributed by atoms with Crippen LogP contribution in [0.4, 0.5) is 22.0 Å². The molecule has 0 aliphatic carbocycles. The molecule has 0 spiro atoms. The number of halogens is 1. The van der Waals surface area contributed by atoms with E-state index in [0.717, 1.165) is 45.4 Å². The molecule has 0 bridgehead atoms. The normalized spacial score (nSPS) is 17.7. The molecule has 178 valence electrons. The topological polar surface area (TPSA) is 68.8 Å². The lowest BCUT2D eigenvalue weighted by Gasteiger charge is -2.36. The van der Waals surface area contributed by atoms with Crippen LogP contribution in [0, 0.1) is 11.8 Å². The SMILES string of the molecule is CC(C)CN(C)CCC1CCCN(C(=O)N2c3ccccc3C(=O)Nc3cccnc32)C1.Cl. The number of pyridine rings is 1. The van der Waals surface area contributed by atoms with Crippen molar-refractivity contribution in [3.05, 3.63) is 48.2 Å². The highest BCUT2D eigenvalue weighted by Gasteiger charge is 2.34. The van der Waals surface area contributed by atoms with Gasteiger partial charge in [0.1, 0.15) is 0 Å². The van der Waals surface area contributed by atoms with E-state index in [9.17, 15) is 9.59 Å². The number of nitrogens with one attached hydrogen (secondary N) is 1. The molecule has 2 aliphatic heterocycles. The molecule has 0 saturated carbocycles. The number of aromatic nitrogens is 1. The molecule has 3 amide bonds. The van der Waals surface area contributed by atoms with Crippen molar-refractivity contribution in [3.8, 4) is 0 Å². The predicted octanol–water partition coefficient (Wildman–Crippen LogP) is 5.02. The fourth-order valence-electron chi connectivity index (χ4n) is 4.76. The molecular formula is C25H34ClN5O2. The summed E-state index contributed by atoms with van der Waals surface area (Å²) in [6.07, 6.45) is 4.87. The summed E-state index contributed by atoms with van der Waals surface area (Å²) >= 11 is 0. The van der Waals surface area contributed by atoms with E-state index in [1.807, 2.05) is 23.1 Å². The van der Waals surface area contributed by atoms with Crippen molar-refractivity contribution < 1.29 is 9.59 Å². The van der Waals surface area contributed by atoms with Crippen LogP contribution in [0.15, 0.2) is 42.6 Å². The van der Waals surface area contributed by atoms with E-state index in [4.69, 9.17) is 0 Å². The number of hydrogen-bond donors (Lipinski definition) is 1. The molecule has 0 radical (unpaired) electrons. The van der Waals surface area contributed by atoms with Crippen molar-refractivity contribution in [1.82, 2.24) is 14.8 Å². The lowest BCUT2D eigenvalue weighted by Crippen LogP contribution is -2.46. The van der Waals surface area contributed by atoms with Crippen molar-refractivity contribution in [2.45, 2.75) is 33.1 Å². The van der Waals surface area contributed by atoms with Gasteiger partial charge in [0.05, 0.1) is 16.9 Å². The van der Waals surface area contributed by atoms with E-state index in [1.165, 1.54) is 0 Å². The monoisotopic (exact) mass is 471 g/mol. The van der Waals surface area contributed by atoms with E-state index in [0.29, 0.717) is 34.6 Å². The van der Waals surface area contributed by atoms with Crippen LogP contribution >= 0.6 is 12.4 Å². The van der Waals surface area contributed by atoms with Crippen LogP contribution in [0.1, 0.15) is 43.5 Å². The van der Waals surface area contributed by atoms with Gasteiger partial charge in [-0.1, -0.05) is 26.0 Å². The van der Waals surface area contributed by atoms with Gasteiger partial charge in [0.15, 0.2) is 5.82 Å². The van der Waals surface area contributed by atoms with Crippen LogP contribution in [-0.2, 0) is 0 Å². The van der Waals surface area contributed by atoms with Crippen LogP contribution < -0.4 is 10.2 Å². The number of carbonyl (C=O) groups is 2. The third kappa shape index (κ3) is 5.65. The van der Waals surface area contributed by atoms with E-state index < -0.39 is 0 Å². The Kier molecular flexibility index (Phi) is 8.32. The van der Waals surface area contributed by atoms with Crippen LogP contribution in [0.25, 0.3) is 0 Å². The van der Waals surface area contributed by atoms with Crippen LogP contribution in [-0.4, -0.2) is 59.9 Å². The quantitative estimate of drug-likeness (QED) is 0.665. The fourth-order valence-corrected chi connectivity index (χ4v) is 4.76. The summed E-state index contributed by atoms with van der Waals surface area (Å²) in [7, 11) is 2.17. The fraction of sp³-hybridized carbons (Fsp3) is 0.480. The van der Waals surface area contributed by atoms with Gasteiger partial charge in [0.25, 0.3) is 5.91 Å². The van der Waals surface area contributed by atoms with Gasteiger partial charge in [-0.3, -0.25) is 4.79 Å². The standard InChI is InChI=1S/C25H33N5O2.ClH/c1-18(2)16-28(3)15-12-19-8-7-14-29(17-19)25(32)30-22-11-5-4-9-20(22)24(31)27-21-10-6-13-26-23(21)30;/h4-6,9-11,13,18-19H,7-8,12,14-17H2,1-3H3,(H,27,31);1H. The van der Waals surface area contributed by atoms with Crippen molar-refractivity contribution in [1.29, 1.82) is 0 Å². The minimum Gasteiger partial charge on any atom is -0.324 e. The molecule has 7 nitrogen and oxygen atoms in total. The third-order valence-electron chi connectivity index (χ3n) is 6.21. The molecule has 2 aliphatic rings. The van der Waals surface area contributed by atoms with E-state index in [-0.39, 0.29) is 24.3 Å². The van der Waals surface area contributed by atoms with Gasteiger partial charge >= 0.3 is 6.03 Å². The van der Waals surface area contributed by atoms with Crippen LogP contribution in [0.2, 0.25) is 0 Å². The highest BCUT2D eigenvalue weighted by Crippen LogP contribution is 2.37.